The van der Waals surface area contributed by atoms with E-state index in [4.69, 9.17) is 0 Å². The van der Waals surface area contributed by atoms with Crippen LogP contribution in [0.2, 0.25) is 0 Å². The van der Waals surface area contributed by atoms with Gasteiger partial charge in [0.2, 0.25) is 0 Å². The summed E-state index contributed by atoms with van der Waals surface area (Å²) in [5.74, 6) is -0.723. The van der Waals surface area contributed by atoms with E-state index in [9.17, 15) is 8.78 Å². The van der Waals surface area contributed by atoms with Crippen molar-refractivity contribution in [2.24, 2.45) is 0 Å². The summed E-state index contributed by atoms with van der Waals surface area (Å²) >= 11 is 0. The summed E-state index contributed by atoms with van der Waals surface area (Å²) in [4.78, 5) is 0. The third-order valence-corrected chi connectivity index (χ3v) is 3.37. The molecule has 1 nitrogen and oxygen atoms in total. The number of rotatable bonds is 4. The zero-order valence-electron chi connectivity index (χ0n) is 10.7. The first-order valence-electron chi connectivity index (χ1n) is 6.59. The summed E-state index contributed by atoms with van der Waals surface area (Å²) in [7, 11) is 0. The van der Waals surface area contributed by atoms with Crippen molar-refractivity contribution in [3.05, 3.63) is 47.0 Å². The zero-order chi connectivity index (χ0) is 13.0. The highest BCUT2D eigenvalue weighted by molar-refractivity contribution is 5.30. The van der Waals surface area contributed by atoms with Crippen molar-refractivity contribution in [3.63, 3.8) is 0 Å². The van der Waals surface area contributed by atoms with Gasteiger partial charge < -0.3 is 5.32 Å². The molecule has 1 aliphatic rings. The Morgan fingerprint density at radius 1 is 1.28 bits per heavy atom. The first-order chi connectivity index (χ1) is 8.72. The van der Waals surface area contributed by atoms with Crippen LogP contribution in [0, 0.1) is 11.6 Å². The van der Waals surface area contributed by atoms with Gasteiger partial charge in [-0.1, -0.05) is 18.6 Å². The van der Waals surface area contributed by atoms with Crippen molar-refractivity contribution in [2.45, 2.75) is 38.6 Å². The second-order valence-corrected chi connectivity index (χ2v) is 4.68. The molecule has 0 fully saturated rings. The van der Waals surface area contributed by atoms with E-state index < -0.39 is 0 Å². The van der Waals surface area contributed by atoms with Crippen molar-refractivity contribution in [1.82, 2.24) is 5.32 Å². The van der Waals surface area contributed by atoms with E-state index in [1.807, 2.05) is 6.92 Å². The molecule has 0 saturated carbocycles. The van der Waals surface area contributed by atoms with Crippen molar-refractivity contribution in [1.29, 1.82) is 0 Å². The molecule has 1 N–H and O–H groups in total. The number of hydrogen-bond acceptors (Lipinski definition) is 1. The van der Waals surface area contributed by atoms with E-state index in [0.29, 0.717) is 5.56 Å². The van der Waals surface area contributed by atoms with Crippen LogP contribution in [0.3, 0.4) is 0 Å². The molecule has 1 aromatic carbocycles. The van der Waals surface area contributed by atoms with Crippen molar-refractivity contribution >= 4 is 0 Å². The Morgan fingerprint density at radius 3 is 2.78 bits per heavy atom. The molecule has 3 heteroatoms. The van der Waals surface area contributed by atoms with Crippen LogP contribution in [0.4, 0.5) is 8.78 Å². The van der Waals surface area contributed by atoms with E-state index in [0.717, 1.165) is 31.9 Å². The fraction of sp³-hybridized carbons (Fsp3) is 0.467. The largest absolute Gasteiger partial charge is 0.307 e. The molecule has 2 rings (SSSR count). The van der Waals surface area contributed by atoms with Gasteiger partial charge in [-0.15, -0.1) is 0 Å². The van der Waals surface area contributed by atoms with Crippen LogP contribution >= 0.6 is 0 Å². The number of likely N-dealkylation sites (N-methyl/N-ethyl adjacent to an activating group) is 1. The number of allylic oxidation sites excluding steroid dienone is 1. The van der Waals surface area contributed by atoms with Crippen LogP contribution in [0.1, 0.15) is 44.2 Å². The van der Waals surface area contributed by atoms with Gasteiger partial charge in [0, 0.05) is 5.56 Å². The molecule has 98 valence electrons. The maximum Gasteiger partial charge on any atom is 0.128 e. The fourth-order valence-corrected chi connectivity index (χ4v) is 2.51. The molecule has 0 spiro atoms. The minimum Gasteiger partial charge on any atom is -0.307 e. The Balaban J connectivity index is 2.34. The first-order valence-corrected chi connectivity index (χ1v) is 6.59. The molecule has 1 aromatic rings. The predicted octanol–water partition coefficient (Wildman–Crippen LogP) is 4.12. The summed E-state index contributed by atoms with van der Waals surface area (Å²) in [6.45, 7) is 2.71. The Bertz CT molecular complexity index is 440. The van der Waals surface area contributed by atoms with Gasteiger partial charge in [0.25, 0.3) is 0 Å². The van der Waals surface area contributed by atoms with Crippen LogP contribution in [-0.2, 0) is 0 Å². The number of benzene rings is 1. The minimum atomic E-state index is -0.384. The molecule has 0 aliphatic heterocycles. The van der Waals surface area contributed by atoms with Crippen molar-refractivity contribution in [2.75, 3.05) is 6.54 Å². The van der Waals surface area contributed by atoms with Crippen molar-refractivity contribution < 1.29 is 8.78 Å². The van der Waals surface area contributed by atoms with E-state index in [1.54, 1.807) is 0 Å². The summed E-state index contributed by atoms with van der Waals surface area (Å²) < 4.78 is 27.2. The Hall–Kier alpha value is -1.22. The van der Waals surface area contributed by atoms with Crippen LogP contribution < -0.4 is 5.32 Å². The van der Waals surface area contributed by atoms with E-state index >= 15 is 0 Å². The van der Waals surface area contributed by atoms with Gasteiger partial charge in [-0.25, -0.2) is 8.78 Å². The Kier molecular flexibility index (Phi) is 4.48. The SMILES string of the molecule is CCNC(C1=CCCCC1)c1cc(F)ccc1F. The third kappa shape index (κ3) is 2.96. The highest BCUT2D eigenvalue weighted by Gasteiger charge is 2.20. The molecule has 1 aliphatic carbocycles. The normalized spacial score (nSPS) is 17.4. The molecule has 0 saturated heterocycles. The molecule has 1 unspecified atom stereocenters. The van der Waals surface area contributed by atoms with E-state index in [2.05, 4.69) is 11.4 Å². The van der Waals surface area contributed by atoms with Gasteiger partial charge in [0.05, 0.1) is 6.04 Å². The minimum absolute atomic E-state index is 0.189. The van der Waals surface area contributed by atoms with Gasteiger partial charge in [-0.2, -0.15) is 0 Å². The molecule has 0 aromatic heterocycles. The average Bonchev–Trinajstić information content (AvgIpc) is 2.40. The lowest BCUT2D eigenvalue weighted by Gasteiger charge is -2.25. The van der Waals surface area contributed by atoms with Crippen molar-refractivity contribution in [3.8, 4) is 0 Å². The third-order valence-electron chi connectivity index (χ3n) is 3.37. The summed E-state index contributed by atoms with van der Waals surface area (Å²) in [6, 6.07) is 3.49. The maximum atomic E-state index is 13.9. The summed E-state index contributed by atoms with van der Waals surface area (Å²) in [5, 5.41) is 3.26. The topological polar surface area (TPSA) is 12.0 Å². The fourth-order valence-electron chi connectivity index (χ4n) is 2.51. The van der Waals surface area contributed by atoms with E-state index in [1.165, 1.54) is 24.1 Å². The van der Waals surface area contributed by atoms with E-state index in [-0.39, 0.29) is 17.7 Å². The second-order valence-electron chi connectivity index (χ2n) is 4.68. The predicted molar refractivity (Wildman–Crippen MR) is 69.3 cm³/mol. The molecular weight excluding hydrogens is 232 g/mol. The van der Waals surface area contributed by atoms with Crippen LogP contribution in [0.15, 0.2) is 29.8 Å². The Morgan fingerprint density at radius 2 is 2.11 bits per heavy atom. The quantitative estimate of drug-likeness (QED) is 0.794. The highest BCUT2D eigenvalue weighted by atomic mass is 19.1. The second kappa shape index (κ2) is 6.10. The monoisotopic (exact) mass is 251 g/mol. The average molecular weight is 251 g/mol. The van der Waals surface area contributed by atoms with Gasteiger partial charge in [-0.3, -0.25) is 0 Å². The van der Waals surface area contributed by atoms with Crippen LogP contribution in [-0.4, -0.2) is 6.54 Å². The van der Waals surface area contributed by atoms with Gasteiger partial charge in [-0.05, 0) is 50.4 Å². The molecule has 0 heterocycles. The molecule has 0 bridgehead atoms. The lowest BCUT2D eigenvalue weighted by atomic mass is 9.89. The standard InChI is InChI=1S/C15H19F2N/c1-2-18-15(11-6-4-3-5-7-11)13-10-12(16)8-9-14(13)17/h6,8-10,15,18H,2-5,7H2,1H3. The van der Waals surface area contributed by atoms with Gasteiger partial charge >= 0.3 is 0 Å². The molecule has 1 atom stereocenters. The van der Waals surface area contributed by atoms with Crippen LogP contribution in [0.5, 0.6) is 0 Å². The first kappa shape index (κ1) is 13.2. The Labute approximate surface area is 107 Å². The molecule has 0 amide bonds. The smallest absolute Gasteiger partial charge is 0.128 e. The number of halogens is 2. The number of hydrogen-bond donors (Lipinski definition) is 1. The lowest BCUT2D eigenvalue weighted by Crippen LogP contribution is -2.24. The molecular formula is C15H19F2N. The highest BCUT2D eigenvalue weighted by Crippen LogP contribution is 2.31. The van der Waals surface area contributed by atoms with Crippen LogP contribution in [0.25, 0.3) is 0 Å². The van der Waals surface area contributed by atoms with Gasteiger partial charge in [0.1, 0.15) is 11.6 Å². The lowest BCUT2D eigenvalue weighted by molar-refractivity contribution is 0.519. The maximum absolute atomic E-state index is 13.9. The number of nitrogens with one attached hydrogen (secondary N) is 1. The zero-order valence-corrected chi connectivity index (χ0v) is 10.7. The summed E-state index contributed by atoms with van der Waals surface area (Å²) in [6.07, 6.45) is 6.49. The van der Waals surface area contributed by atoms with Gasteiger partial charge in [0.15, 0.2) is 0 Å². The molecule has 0 radical (unpaired) electrons. The summed E-state index contributed by atoms with van der Waals surface area (Å²) in [5.41, 5.74) is 1.61. The molecule has 18 heavy (non-hydrogen) atoms.